The lowest BCUT2D eigenvalue weighted by Gasteiger charge is -2.41. The lowest BCUT2D eigenvalue weighted by atomic mass is 9.98. The molecule has 172 valence electrons. The van der Waals surface area contributed by atoms with Crippen LogP contribution in [0.1, 0.15) is 19.4 Å². The molecule has 1 unspecified atom stereocenters. The number of rotatable bonds is 3. The molecule has 2 aliphatic heterocycles. The van der Waals surface area contributed by atoms with Gasteiger partial charge in [0.1, 0.15) is 6.23 Å². The van der Waals surface area contributed by atoms with E-state index in [1.54, 1.807) is 6.08 Å². The van der Waals surface area contributed by atoms with E-state index in [1.807, 2.05) is 41.3 Å². The van der Waals surface area contributed by atoms with Gasteiger partial charge >= 0.3 is 0 Å². The molecular weight excluding hydrogens is 424 g/mol. The Labute approximate surface area is 198 Å². The van der Waals surface area contributed by atoms with Crippen LogP contribution >= 0.6 is 0 Å². The Morgan fingerprint density at radius 2 is 1.74 bits per heavy atom. The number of anilines is 2. The van der Waals surface area contributed by atoms with Gasteiger partial charge < -0.3 is 20.6 Å². The van der Waals surface area contributed by atoms with Crippen LogP contribution in [-0.4, -0.2) is 51.1 Å². The van der Waals surface area contributed by atoms with Crippen LogP contribution < -0.4 is 15.5 Å². The Morgan fingerprint density at radius 1 is 0.941 bits per heavy atom. The van der Waals surface area contributed by atoms with Crippen LogP contribution in [0.3, 0.4) is 0 Å². The molecule has 0 spiro atoms. The Bertz CT molecular complexity index is 1370. The summed E-state index contributed by atoms with van der Waals surface area (Å²) in [5.41, 5.74) is 8.12. The number of benzene rings is 2. The summed E-state index contributed by atoms with van der Waals surface area (Å²) in [6.45, 7) is 6.54. The van der Waals surface area contributed by atoms with Crippen LogP contribution in [0, 0.1) is 0 Å². The highest BCUT2D eigenvalue weighted by atomic mass is 16.3. The van der Waals surface area contributed by atoms with Gasteiger partial charge in [-0.1, -0.05) is 30.3 Å². The molecule has 7 nitrogen and oxygen atoms in total. The molecule has 0 bridgehead atoms. The summed E-state index contributed by atoms with van der Waals surface area (Å²) >= 11 is 0. The highest BCUT2D eigenvalue weighted by molar-refractivity contribution is 5.89. The minimum absolute atomic E-state index is 0.465. The first-order valence-corrected chi connectivity index (χ1v) is 11.8. The van der Waals surface area contributed by atoms with Crippen molar-refractivity contribution in [3.05, 3.63) is 72.7 Å². The molecule has 0 aliphatic carbocycles. The summed E-state index contributed by atoms with van der Waals surface area (Å²) in [6.07, 6.45) is 8.83. The molecule has 0 amide bonds. The largest absolute Gasteiger partial charge is 0.370 e. The number of hydrogen-bond acceptors (Lipinski definition) is 6. The zero-order valence-corrected chi connectivity index (χ0v) is 19.3. The molecule has 7 heteroatoms. The maximum Gasteiger partial charge on any atom is 0.162 e. The first kappa shape index (κ1) is 20.9. The lowest BCUT2D eigenvalue weighted by molar-refractivity contribution is 0.252. The average molecular weight is 453 g/mol. The molecule has 34 heavy (non-hydrogen) atoms. The minimum Gasteiger partial charge on any atom is -0.370 e. The number of nitrogens with one attached hydrogen (secondary N) is 2. The van der Waals surface area contributed by atoms with Gasteiger partial charge in [-0.05, 0) is 49.2 Å². The van der Waals surface area contributed by atoms with E-state index in [-0.39, 0.29) is 0 Å². The van der Waals surface area contributed by atoms with Gasteiger partial charge in [-0.25, -0.2) is 9.50 Å². The van der Waals surface area contributed by atoms with E-state index in [4.69, 9.17) is 4.98 Å². The fourth-order valence-electron chi connectivity index (χ4n) is 5.18. The quantitative estimate of drug-likeness (QED) is 0.436. The molecule has 2 aromatic carbocycles. The van der Waals surface area contributed by atoms with Crippen molar-refractivity contribution in [2.24, 2.45) is 0 Å². The molecule has 0 radical (unpaired) electrons. The van der Waals surface area contributed by atoms with Gasteiger partial charge in [0.25, 0.3) is 0 Å². The highest BCUT2D eigenvalue weighted by Crippen LogP contribution is 2.35. The van der Waals surface area contributed by atoms with Gasteiger partial charge in [0.05, 0.1) is 6.20 Å². The summed E-state index contributed by atoms with van der Waals surface area (Å²) in [7, 11) is 0. The van der Waals surface area contributed by atoms with Crippen molar-refractivity contribution in [3.63, 3.8) is 0 Å². The van der Waals surface area contributed by atoms with Gasteiger partial charge in [-0.2, -0.15) is 5.10 Å². The third kappa shape index (κ3) is 3.54. The first-order valence-electron chi connectivity index (χ1n) is 11.8. The zero-order chi connectivity index (χ0) is 23.2. The molecule has 1 fully saturated rings. The fourth-order valence-corrected chi connectivity index (χ4v) is 5.18. The molecule has 6 rings (SSSR count). The average Bonchev–Trinajstić information content (AvgIpc) is 3.27. The van der Waals surface area contributed by atoms with E-state index in [9.17, 15) is 5.11 Å². The standard InChI is InChI=1S/C27H28N6O/c1-17-12-28-13-18(2)33(17)21-8-6-19(7-9-21)20-14-29-27-24(15-30-32(27)16-20)22-4-3-5-25-23(22)10-11-26(34)31-25/h3-11,14-18,26,28,31,34H,12-13H2,1-2H3/t17-,18+,26?. The van der Waals surface area contributed by atoms with Crippen LogP contribution in [0.25, 0.3) is 34.0 Å². The number of nitrogens with zero attached hydrogens (tertiary/aromatic N) is 4. The number of fused-ring (bicyclic) bond motifs is 2. The van der Waals surface area contributed by atoms with Crippen molar-refractivity contribution >= 4 is 23.1 Å². The van der Waals surface area contributed by atoms with Crippen LogP contribution in [0.15, 0.2) is 67.1 Å². The number of aromatic nitrogens is 3. The number of hydrogen-bond donors (Lipinski definition) is 3. The van der Waals surface area contributed by atoms with E-state index in [1.165, 1.54) is 5.69 Å². The van der Waals surface area contributed by atoms with Crippen LogP contribution in [0.5, 0.6) is 0 Å². The third-order valence-electron chi connectivity index (χ3n) is 6.83. The lowest BCUT2D eigenvalue weighted by Crippen LogP contribution is -2.55. The van der Waals surface area contributed by atoms with E-state index in [0.717, 1.165) is 52.2 Å². The van der Waals surface area contributed by atoms with E-state index >= 15 is 0 Å². The second kappa shape index (κ2) is 8.27. The highest BCUT2D eigenvalue weighted by Gasteiger charge is 2.24. The molecule has 3 N–H and O–H groups in total. The molecule has 3 atom stereocenters. The third-order valence-corrected chi connectivity index (χ3v) is 6.83. The Balaban J connectivity index is 1.32. The predicted molar refractivity (Wildman–Crippen MR) is 137 cm³/mol. The number of aliphatic hydroxyl groups is 1. The van der Waals surface area contributed by atoms with Crippen LogP contribution in [-0.2, 0) is 0 Å². The summed E-state index contributed by atoms with van der Waals surface area (Å²) in [4.78, 5) is 7.27. The summed E-state index contributed by atoms with van der Waals surface area (Å²) in [5, 5.41) is 21.1. The SMILES string of the molecule is C[C@@H]1CNC[C@H](C)N1c1ccc(-c2cnc3c(-c4cccc5c4C=CC(O)N5)cnn3c2)cc1. The summed E-state index contributed by atoms with van der Waals surface area (Å²) in [5.74, 6) is 0. The normalized spacial score (nSPS) is 22.0. The smallest absolute Gasteiger partial charge is 0.162 e. The zero-order valence-electron chi connectivity index (χ0n) is 19.3. The Kier molecular flexibility index (Phi) is 5.08. The monoisotopic (exact) mass is 452 g/mol. The fraction of sp³-hybridized carbons (Fsp3) is 0.259. The van der Waals surface area contributed by atoms with Crippen molar-refractivity contribution in [2.45, 2.75) is 32.2 Å². The van der Waals surface area contributed by atoms with Gasteiger partial charge in [-0.3, -0.25) is 0 Å². The summed E-state index contributed by atoms with van der Waals surface area (Å²) < 4.78 is 1.84. The van der Waals surface area contributed by atoms with E-state index in [2.05, 4.69) is 64.8 Å². The van der Waals surface area contributed by atoms with E-state index < -0.39 is 6.23 Å². The molecule has 1 saturated heterocycles. The van der Waals surface area contributed by atoms with Gasteiger partial charge in [0.2, 0.25) is 0 Å². The van der Waals surface area contributed by atoms with Crippen molar-refractivity contribution in [1.82, 2.24) is 19.9 Å². The second-order valence-electron chi connectivity index (χ2n) is 9.19. The van der Waals surface area contributed by atoms with Gasteiger partial charge in [-0.15, -0.1) is 0 Å². The summed E-state index contributed by atoms with van der Waals surface area (Å²) in [6, 6.07) is 15.7. The molecule has 4 heterocycles. The van der Waals surface area contributed by atoms with Crippen molar-refractivity contribution < 1.29 is 5.11 Å². The molecule has 2 aromatic heterocycles. The van der Waals surface area contributed by atoms with Crippen molar-refractivity contribution in [1.29, 1.82) is 0 Å². The van der Waals surface area contributed by atoms with Gasteiger partial charge in [0.15, 0.2) is 5.65 Å². The Hall–Kier alpha value is -3.68. The second-order valence-corrected chi connectivity index (χ2v) is 9.19. The first-order chi connectivity index (χ1) is 16.6. The van der Waals surface area contributed by atoms with Crippen LogP contribution in [0.2, 0.25) is 0 Å². The van der Waals surface area contributed by atoms with E-state index in [0.29, 0.717) is 12.1 Å². The Morgan fingerprint density at radius 3 is 2.53 bits per heavy atom. The minimum atomic E-state index is -0.670. The molecule has 0 saturated carbocycles. The predicted octanol–water partition coefficient (Wildman–Crippen LogP) is 4.01. The molecule has 4 aromatic rings. The maximum atomic E-state index is 9.87. The number of piperazine rings is 1. The molecule has 2 aliphatic rings. The van der Waals surface area contributed by atoms with Crippen molar-refractivity contribution in [3.8, 4) is 22.3 Å². The molecular formula is C27H28N6O. The number of aliphatic hydroxyl groups excluding tert-OH is 1. The van der Waals surface area contributed by atoms with Crippen LogP contribution in [0.4, 0.5) is 11.4 Å². The van der Waals surface area contributed by atoms with Crippen molar-refractivity contribution in [2.75, 3.05) is 23.3 Å². The topological polar surface area (TPSA) is 77.7 Å². The van der Waals surface area contributed by atoms with Gasteiger partial charge in [0, 0.05) is 65.6 Å². The maximum absolute atomic E-state index is 9.87.